The first-order valence-corrected chi connectivity index (χ1v) is 3.01. The molecule has 0 spiro atoms. The Morgan fingerprint density at radius 2 is 2.10 bits per heavy atom. The Kier molecular flexibility index (Phi) is 1.14. The maximum atomic E-state index is 3.85. The van der Waals surface area contributed by atoms with Gasteiger partial charge >= 0.3 is 0 Å². The van der Waals surface area contributed by atoms with E-state index in [1.165, 1.54) is 0 Å². The summed E-state index contributed by atoms with van der Waals surface area (Å²) < 4.78 is 0. The van der Waals surface area contributed by atoms with Crippen molar-refractivity contribution in [2.75, 3.05) is 0 Å². The van der Waals surface area contributed by atoms with Crippen molar-refractivity contribution in [3.63, 3.8) is 0 Å². The maximum absolute atomic E-state index is 3.85. The number of rotatable bonds is 0. The molecule has 0 fully saturated rings. The minimum atomic E-state index is 0.987. The van der Waals surface area contributed by atoms with Crippen molar-refractivity contribution >= 4 is 10.8 Å². The van der Waals surface area contributed by atoms with Gasteiger partial charge in [-0.1, -0.05) is 0 Å². The summed E-state index contributed by atoms with van der Waals surface area (Å²) in [6.07, 6.45) is 4.57. The van der Waals surface area contributed by atoms with E-state index in [4.69, 9.17) is 0 Å². The zero-order chi connectivity index (χ0) is 6.81. The fraction of sp³-hybridized carbons (Fsp3) is 0. The van der Waals surface area contributed by atoms with E-state index in [1.54, 1.807) is 6.20 Å². The summed E-state index contributed by atoms with van der Waals surface area (Å²) in [7, 11) is 0. The Morgan fingerprint density at radius 3 is 3.00 bits per heavy atom. The second-order valence-electron chi connectivity index (χ2n) is 2.00. The molecular weight excluding hydrogens is 122 g/mol. The Hall–Kier alpha value is -1.37. The van der Waals surface area contributed by atoms with Crippen LogP contribution in [0, 0.1) is 18.3 Å². The number of pyridine rings is 1. The molecule has 0 aliphatic carbocycles. The Morgan fingerprint density at radius 1 is 1.20 bits per heavy atom. The van der Waals surface area contributed by atoms with E-state index in [0.717, 1.165) is 10.8 Å². The molecule has 1 heterocycles. The van der Waals surface area contributed by atoms with Crippen LogP contribution in [-0.4, -0.2) is 4.98 Å². The minimum absolute atomic E-state index is 0.987. The fourth-order valence-corrected chi connectivity index (χ4v) is 0.853. The topological polar surface area (TPSA) is 12.9 Å². The van der Waals surface area contributed by atoms with Crippen molar-refractivity contribution < 1.29 is 0 Å². The van der Waals surface area contributed by atoms with Gasteiger partial charge in [-0.25, -0.2) is 0 Å². The quantitative estimate of drug-likeness (QED) is 0.522. The minimum Gasteiger partial charge on any atom is -0.254 e. The summed E-state index contributed by atoms with van der Waals surface area (Å²) in [5, 5.41) is 2.09. The lowest BCUT2D eigenvalue weighted by Crippen LogP contribution is -1.73. The lowest BCUT2D eigenvalue weighted by molar-refractivity contribution is 1.35. The molecule has 0 saturated carbocycles. The van der Waals surface area contributed by atoms with Crippen molar-refractivity contribution in [3.8, 4) is 0 Å². The predicted molar refractivity (Wildman–Crippen MR) is 38.3 cm³/mol. The van der Waals surface area contributed by atoms with Crippen LogP contribution in [0.2, 0.25) is 0 Å². The van der Waals surface area contributed by atoms with Gasteiger partial charge in [0.15, 0.2) is 0 Å². The predicted octanol–water partition coefficient (Wildman–Crippen LogP) is 1.64. The van der Waals surface area contributed by atoms with Gasteiger partial charge < -0.3 is 0 Å². The molecule has 1 heteroatoms. The largest absolute Gasteiger partial charge is 0.254 e. The zero-order valence-electron chi connectivity index (χ0n) is 5.26. The molecule has 0 unspecified atom stereocenters. The van der Waals surface area contributed by atoms with Gasteiger partial charge in [0.25, 0.3) is 0 Å². The van der Waals surface area contributed by atoms with Crippen molar-refractivity contribution in [2.24, 2.45) is 0 Å². The number of aromatic nitrogens is 1. The molecule has 1 aromatic heterocycles. The number of nitrogens with zero attached hydrogens (tertiary/aromatic N) is 1. The van der Waals surface area contributed by atoms with Gasteiger partial charge in [-0.15, -0.1) is 0 Å². The first-order valence-electron chi connectivity index (χ1n) is 3.01. The van der Waals surface area contributed by atoms with Crippen molar-refractivity contribution in [3.05, 3.63) is 42.7 Å². The molecule has 3 radical (unpaired) electrons. The van der Waals surface area contributed by atoms with Crippen LogP contribution in [0.3, 0.4) is 0 Å². The Bertz CT molecular complexity index is 276. The third-order valence-electron chi connectivity index (χ3n) is 1.35. The van der Waals surface area contributed by atoms with Gasteiger partial charge in [0, 0.05) is 11.6 Å². The second-order valence-corrected chi connectivity index (χ2v) is 2.00. The molecule has 10 heavy (non-hydrogen) atoms. The summed E-state index contributed by atoms with van der Waals surface area (Å²) in [4.78, 5) is 3.85. The molecule has 0 atom stereocenters. The van der Waals surface area contributed by atoms with E-state index in [-0.39, 0.29) is 0 Å². The smallest absolute Gasteiger partial charge is 0.0970 e. The fourth-order valence-electron chi connectivity index (χ4n) is 0.853. The first kappa shape index (κ1) is 5.42. The highest BCUT2D eigenvalue weighted by Gasteiger charge is 1.87. The van der Waals surface area contributed by atoms with Crippen LogP contribution in [-0.2, 0) is 0 Å². The van der Waals surface area contributed by atoms with Crippen LogP contribution in [0.4, 0.5) is 0 Å². The van der Waals surface area contributed by atoms with Crippen molar-refractivity contribution in [2.45, 2.75) is 0 Å². The van der Waals surface area contributed by atoms with E-state index < -0.39 is 0 Å². The van der Waals surface area contributed by atoms with Crippen molar-refractivity contribution in [1.29, 1.82) is 0 Å². The lowest BCUT2D eigenvalue weighted by atomic mass is 10.2. The third-order valence-corrected chi connectivity index (χ3v) is 1.35. The SMILES string of the molecule is [c]1[c]cc2ccn[c]c2c1. The molecule has 0 aliphatic rings. The summed E-state index contributed by atoms with van der Waals surface area (Å²) in [6.45, 7) is 0. The van der Waals surface area contributed by atoms with E-state index in [2.05, 4.69) is 23.3 Å². The summed E-state index contributed by atoms with van der Waals surface area (Å²) in [5.41, 5.74) is 0. The van der Waals surface area contributed by atoms with E-state index in [0.29, 0.717) is 0 Å². The first-order chi connectivity index (χ1) is 4.97. The monoisotopic (exact) mass is 126 g/mol. The number of hydrogen-bond acceptors (Lipinski definition) is 1. The average Bonchev–Trinajstić information content (AvgIpc) is 2.05. The molecule has 0 bridgehead atoms. The van der Waals surface area contributed by atoms with Gasteiger partial charge in [0.05, 0.1) is 6.20 Å². The Balaban J connectivity index is 2.89. The van der Waals surface area contributed by atoms with Gasteiger partial charge in [0.1, 0.15) is 0 Å². The highest BCUT2D eigenvalue weighted by atomic mass is 14.6. The van der Waals surface area contributed by atoms with Gasteiger partial charge in [-0.05, 0) is 35.7 Å². The molecule has 0 aliphatic heterocycles. The zero-order valence-corrected chi connectivity index (χ0v) is 5.26. The lowest BCUT2D eigenvalue weighted by Gasteiger charge is -1.90. The van der Waals surface area contributed by atoms with Crippen LogP contribution in [0.25, 0.3) is 10.8 Å². The number of hydrogen-bond donors (Lipinski definition) is 0. The molecule has 45 valence electrons. The molecule has 0 saturated heterocycles. The van der Waals surface area contributed by atoms with Crippen LogP contribution in [0.5, 0.6) is 0 Å². The van der Waals surface area contributed by atoms with Crippen LogP contribution in [0.1, 0.15) is 0 Å². The van der Waals surface area contributed by atoms with Crippen LogP contribution < -0.4 is 0 Å². The van der Waals surface area contributed by atoms with Gasteiger partial charge in [0.2, 0.25) is 0 Å². The summed E-state index contributed by atoms with van der Waals surface area (Å²) in [6, 6.07) is 11.3. The summed E-state index contributed by atoms with van der Waals surface area (Å²) >= 11 is 0. The summed E-state index contributed by atoms with van der Waals surface area (Å²) in [5.74, 6) is 0. The van der Waals surface area contributed by atoms with Gasteiger partial charge in [-0.3, -0.25) is 4.98 Å². The van der Waals surface area contributed by atoms with E-state index in [9.17, 15) is 0 Å². The molecule has 2 aromatic rings. The maximum Gasteiger partial charge on any atom is 0.0970 e. The number of fused-ring (bicyclic) bond motifs is 1. The van der Waals surface area contributed by atoms with E-state index in [1.807, 2.05) is 18.2 Å². The van der Waals surface area contributed by atoms with E-state index >= 15 is 0 Å². The average molecular weight is 126 g/mol. The Labute approximate surface area is 59.3 Å². The molecular formula is C9H4N. The third kappa shape index (κ3) is 0.760. The molecule has 0 N–H and O–H groups in total. The second kappa shape index (κ2) is 2.10. The molecule has 0 amide bonds. The molecule has 1 aromatic carbocycles. The molecule has 2 rings (SSSR count). The highest BCUT2D eigenvalue weighted by Crippen LogP contribution is 2.08. The van der Waals surface area contributed by atoms with Crippen LogP contribution >= 0.6 is 0 Å². The normalized spacial score (nSPS) is 10.0. The standard InChI is InChI=1S/C9H4N/c1-2-4-9-7-10-6-5-8(9)3-1/h3-6H. The van der Waals surface area contributed by atoms with Crippen molar-refractivity contribution in [1.82, 2.24) is 4.98 Å². The molecule has 1 nitrogen and oxygen atoms in total. The number of benzene rings is 1. The van der Waals surface area contributed by atoms with Gasteiger partial charge in [-0.2, -0.15) is 0 Å². The highest BCUT2D eigenvalue weighted by molar-refractivity contribution is 5.80. The van der Waals surface area contributed by atoms with Crippen LogP contribution in [0.15, 0.2) is 24.4 Å².